The second-order valence-electron chi connectivity index (χ2n) is 4.54. The van der Waals surface area contributed by atoms with Crippen molar-refractivity contribution < 1.29 is 19.6 Å². The molecule has 1 saturated heterocycles. The molecule has 2 rings (SSSR count). The summed E-state index contributed by atoms with van der Waals surface area (Å²) >= 11 is 12.0. The summed E-state index contributed by atoms with van der Waals surface area (Å²) in [6.45, 7) is -0.508. The zero-order chi connectivity index (χ0) is 17.9. The van der Waals surface area contributed by atoms with Gasteiger partial charge >= 0.3 is 5.97 Å². The van der Waals surface area contributed by atoms with Gasteiger partial charge in [0.2, 0.25) is 0 Å². The second kappa shape index (κ2) is 7.56. The van der Waals surface area contributed by atoms with E-state index >= 15 is 0 Å². The van der Waals surface area contributed by atoms with Gasteiger partial charge in [-0.1, -0.05) is 35.6 Å². The minimum Gasteiger partial charge on any atom is -0.480 e. The molecule has 0 aliphatic carbocycles. The lowest BCUT2D eigenvalue weighted by Gasteiger charge is -2.10. The summed E-state index contributed by atoms with van der Waals surface area (Å²) in [5.41, 5.74) is 0.570. The van der Waals surface area contributed by atoms with Gasteiger partial charge in [-0.25, -0.2) is 0 Å². The fraction of sp³-hybridized carbons (Fsp3) is 0.0714. The van der Waals surface area contributed by atoms with Crippen molar-refractivity contribution in [2.75, 3.05) is 6.54 Å². The number of carboxylic acids is 1. The van der Waals surface area contributed by atoms with E-state index in [0.29, 0.717) is 5.56 Å². The molecule has 1 aliphatic heterocycles. The number of amides is 1. The van der Waals surface area contributed by atoms with Crippen molar-refractivity contribution in [3.8, 4) is 0 Å². The van der Waals surface area contributed by atoms with Crippen molar-refractivity contribution in [1.82, 2.24) is 4.90 Å². The molecule has 1 N–H and O–H groups in total. The normalized spacial score (nSPS) is 16.8. The molecule has 1 heterocycles. The van der Waals surface area contributed by atoms with Crippen LogP contribution in [0.15, 0.2) is 40.3 Å². The van der Waals surface area contributed by atoms with E-state index in [2.05, 4.69) is 0 Å². The first-order chi connectivity index (χ1) is 11.3. The molecule has 1 aliphatic rings. The molecule has 0 atom stereocenters. The Balaban J connectivity index is 2.18. The lowest BCUT2D eigenvalue weighted by atomic mass is 10.2. The highest BCUT2D eigenvalue weighted by atomic mass is 35.5. The molecule has 10 heteroatoms. The molecule has 124 valence electrons. The summed E-state index contributed by atoms with van der Waals surface area (Å²) in [5.74, 6) is -1.69. The van der Waals surface area contributed by atoms with E-state index in [-0.39, 0.29) is 19.9 Å². The van der Waals surface area contributed by atoms with Crippen LogP contribution >= 0.6 is 35.6 Å². The number of nitro groups is 1. The van der Waals surface area contributed by atoms with Crippen molar-refractivity contribution in [2.24, 2.45) is 0 Å². The number of hydrogen-bond donors (Lipinski definition) is 1. The molecule has 0 unspecified atom stereocenters. The van der Waals surface area contributed by atoms with E-state index in [9.17, 15) is 19.7 Å². The van der Waals surface area contributed by atoms with Gasteiger partial charge in [-0.2, -0.15) is 0 Å². The van der Waals surface area contributed by atoms with Gasteiger partial charge in [-0.15, -0.1) is 0 Å². The number of nitro benzene ring substituents is 1. The van der Waals surface area contributed by atoms with Crippen molar-refractivity contribution in [1.29, 1.82) is 0 Å². The van der Waals surface area contributed by atoms with Crippen molar-refractivity contribution >= 4 is 63.5 Å². The van der Waals surface area contributed by atoms with Crippen LogP contribution in [0.3, 0.4) is 0 Å². The molecular formula is C14H9ClN2O5S2. The Morgan fingerprint density at radius 3 is 2.58 bits per heavy atom. The van der Waals surface area contributed by atoms with Crippen LogP contribution in [0.2, 0.25) is 0 Å². The molecule has 1 aromatic rings. The van der Waals surface area contributed by atoms with Crippen LogP contribution < -0.4 is 0 Å². The van der Waals surface area contributed by atoms with Gasteiger partial charge < -0.3 is 5.11 Å². The number of carbonyl (C=O) groups excluding carboxylic acids is 1. The molecule has 7 nitrogen and oxygen atoms in total. The lowest BCUT2D eigenvalue weighted by Crippen LogP contribution is -2.33. The van der Waals surface area contributed by atoms with Gasteiger partial charge in [0, 0.05) is 17.2 Å². The summed E-state index contributed by atoms with van der Waals surface area (Å²) in [6.07, 6.45) is 2.90. The standard InChI is InChI=1S/C14H9ClN2O5S2/c15-9(5-8-1-3-10(4-2-8)17(21)22)6-11-13(20)16(7-12(18)19)14(23)24-11/h1-6H,7H2,(H,18,19)/b9-5-,11-6+. The largest absolute Gasteiger partial charge is 0.480 e. The SMILES string of the molecule is O=C(O)CN1C(=O)/C(=C\C(Cl)=C\c2ccc([N+](=O)[O-])cc2)SC1=S. The molecule has 24 heavy (non-hydrogen) atoms. The van der Waals surface area contributed by atoms with Crippen LogP contribution in [-0.4, -0.2) is 37.7 Å². The van der Waals surface area contributed by atoms with Crippen LogP contribution in [0.1, 0.15) is 5.56 Å². The van der Waals surface area contributed by atoms with Crippen LogP contribution in [0.4, 0.5) is 5.69 Å². The predicted molar refractivity (Wildman–Crippen MR) is 94.5 cm³/mol. The third kappa shape index (κ3) is 4.40. The van der Waals surface area contributed by atoms with E-state index < -0.39 is 23.3 Å². The molecule has 0 radical (unpaired) electrons. The summed E-state index contributed by atoms with van der Waals surface area (Å²) in [6, 6.07) is 5.71. The van der Waals surface area contributed by atoms with Crippen LogP contribution in [0, 0.1) is 10.1 Å². The second-order valence-corrected chi connectivity index (χ2v) is 6.65. The maximum absolute atomic E-state index is 12.1. The number of nitrogens with zero attached hydrogens (tertiary/aromatic N) is 2. The van der Waals surface area contributed by atoms with Crippen LogP contribution in [-0.2, 0) is 9.59 Å². The number of carboxylic acid groups (broad SMARTS) is 1. The fourth-order valence-corrected chi connectivity index (χ4v) is 3.34. The molecule has 1 aromatic carbocycles. The maximum Gasteiger partial charge on any atom is 0.323 e. The van der Waals surface area contributed by atoms with Gasteiger partial charge in [0.15, 0.2) is 0 Å². The Bertz CT molecular complexity index is 789. The monoisotopic (exact) mass is 384 g/mol. The zero-order valence-corrected chi connectivity index (χ0v) is 14.2. The van der Waals surface area contributed by atoms with E-state index in [1.165, 1.54) is 36.4 Å². The van der Waals surface area contributed by atoms with Gasteiger partial charge in [0.05, 0.1) is 9.83 Å². The van der Waals surface area contributed by atoms with Crippen molar-refractivity contribution in [2.45, 2.75) is 0 Å². The number of hydrogen-bond acceptors (Lipinski definition) is 6. The molecule has 1 fully saturated rings. The van der Waals surface area contributed by atoms with E-state index in [4.69, 9.17) is 28.9 Å². The van der Waals surface area contributed by atoms with Crippen LogP contribution in [0.25, 0.3) is 6.08 Å². The Morgan fingerprint density at radius 1 is 1.42 bits per heavy atom. The van der Waals surface area contributed by atoms with E-state index in [1.54, 1.807) is 0 Å². The number of allylic oxidation sites excluding steroid dienone is 2. The summed E-state index contributed by atoms with van der Waals surface area (Å²) in [5, 5.41) is 19.6. The highest BCUT2D eigenvalue weighted by Crippen LogP contribution is 2.32. The highest BCUT2D eigenvalue weighted by Gasteiger charge is 2.33. The van der Waals surface area contributed by atoms with Gasteiger partial charge in [0.1, 0.15) is 10.9 Å². The number of thioether (sulfide) groups is 1. The van der Waals surface area contributed by atoms with E-state index in [1.807, 2.05) is 0 Å². The van der Waals surface area contributed by atoms with Gasteiger partial charge in [-0.05, 0) is 29.8 Å². The van der Waals surface area contributed by atoms with E-state index in [0.717, 1.165) is 16.7 Å². The summed E-state index contributed by atoms with van der Waals surface area (Å²) in [7, 11) is 0. The third-order valence-electron chi connectivity index (χ3n) is 2.84. The first kappa shape index (κ1) is 18.1. The topological polar surface area (TPSA) is 101 Å². The summed E-state index contributed by atoms with van der Waals surface area (Å²) in [4.78, 5) is 34.1. The molecule has 0 spiro atoms. The van der Waals surface area contributed by atoms with Crippen molar-refractivity contribution in [3.05, 3.63) is 56.0 Å². The first-order valence-corrected chi connectivity index (χ1v) is 7.97. The Kier molecular flexibility index (Phi) is 5.71. The fourth-order valence-electron chi connectivity index (χ4n) is 1.79. The Morgan fingerprint density at radius 2 is 2.04 bits per heavy atom. The van der Waals surface area contributed by atoms with Crippen LogP contribution in [0.5, 0.6) is 0 Å². The molecule has 0 saturated carbocycles. The number of thiocarbonyl (C=S) groups is 1. The molecule has 0 bridgehead atoms. The quantitative estimate of drug-likeness (QED) is 0.360. The molecular weight excluding hydrogens is 376 g/mol. The smallest absolute Gasteiger partial charge is 0.323 e. The third-order valence-corrected chi connectivity index (χ3v) is 4.44. The highest BCUT2D eigenvalue weighted by molar-refractivity contribution is 8.26. The maximum atomic E-state index is 12.1. The minimum atomic E-state index is -1.17. The molecule has 0 aromatic heterocycles. The number of halogens is 1. The average molecular weight is 385 g/mol. The van der Waals surface area contributed by atoms with Gasteiger partial charge in [0.25, 0.3) is 11.6 Å². The number of rotatable bonds is 5. The number of carbonyl (C=O) groups is 2. The number of benzene rings is 1. The van der Waals surface area contributed by atoms with Gasteiger partial charge in [-0.3, -0.25) is 24.6 Å². The Labute approximate surface area is 150 Å². The minimum absolute atomic E-state index is 0.0437. The first-order valence-electron chi connectivity index (χ1n) is 6.37. The summed E-state index contributed by atoms with van der Waals surface area (Å²) < 4.78 is 0.147. The lowest BCUT2D eigenvalue weighted by molar-refractivity contribution is -0.384. The number of aliphatic carboxylic acids is 1. The average Bonchev–Trinajstić information content (AvgIpc) is 2.75. The van der Waals surface area contributed by atoms with Crippen molar-refractivity contribution in [3.63, 3.8) is 0 Å². The Hall–Kier alpha value is -2.23. The predicted octanol–water partition coefficient (Wildman–Crippen LogP) is 3.00. The number of non-ortho nitro benzene ring substituents is 1. The zero-order valence-electron chi connectivity index (χ0n) is 11.8. The molecule has 1 amide bonds.